The number of para-hydroxylation sites is 1. The van der Waals surface area contributed by atoms with Gasteiger partial charge in [0.15, 0.2) is 5.78 Å². The van der Waals surface area contributed by atoms with Gasteiger partial charge in [-0.25, -0.2) is 0 Å². The topological polar surface area (TPSA) is 71.8 Å². The molecule has 0 radical (unpaired) electrons. The lowest BCUT2D eigenvalue weighted by Gasteiger charge is -2.07. The molecule has 0 saturated carbocycles. The van der Waals surface area contributed by atoms with Crippen molar-refractivity contribution < 1.29 is 4.79 Å². The average molecular weight is 251 g/mol. The molecule has 0 unspecified atom stereocenters. The smallest absolute Gasteiger partial charge is 0.195 e. The number of aromatic amines is 1. The van der Waals surface area contributed by atoms with Gasteiger partial charge in [-0.15, -0.1) is 0 Å². The summed E-state index contributed by atoms with van der Waals surface area (Å²) < 4.78 is 0. The van der Waals surface area contributed by atoms with Crippen LogP contribution in [-0.2, 0) is 0 Å². The Morgan fingerprint density at radius 2 is 2.00 bits per heavy atom. The van der Waals surface area contributed by atoms with E-state index in [2.05, 4.69) is 10.2 Å². The Labute approximate surface area is 110 Å². The molecule has 0 amide bonds. The quantitative estimate of drug-likeness (QED) is 0.543. The Balaban J connectivity index is 2.16. The molecule has 0 bridgehead atoms. The van der Waals surface area contributed by atoms with Crippen molar-refractivity contribution in [3.05, 3.63) is 59.3 Å². The van der Waals surface area contributed by atoms with Crippen LogP contribution in [0.2, 0.25) is 0 Å². The second-order valence-corrected chi connectivity index (χ2v) is 4.54. The molecule has 0 aliphatic rings. The number of aryl methyl sites for hydroxylation is 1. The molecule has 19 heavy (non-hydrogen) atoms. The standard InChI is InChI=1S/C15H13N3O/c1-9-6-10-8-17-18-14(10)7-12(9)15(19)11-4-2-3-5-13(11)16/h2-8H,16H2,1H3,(H,17,18). The van der Waals surface area contributed by atoms with E-state index in [0.717, 1.165) is 16.5 Å². The zero-order chi connectivity index (χ0) is 13.4. The second-order valence-electron chi connectivity index (χ2n) is 4.54. The summed E-state index contributed by atoms with van der Waals surface area (Å²) in [7, 11) is 0. The minimum Gasteiger partial charge on any atom is -0.398 e. The molecule has 4 nitrogen and oxygen atoms in total. The maximum absolute atomic E-state index is 12.5. The lowest BCUT2D eigenvalue weighted by Crippen LogP contribution is -2.06. The Kier molecular flexibility index (Phi) is 2.56. The number of H-pyrrole nitrogens is 1. The molecule has 0 aliphatic heterocycles. The minimum absolute atomic E-state index is 0.0629. The van der Waals surface area contributed by atoms with Crippen LogP contribution >= 0.6 is 0 Å². The molecule has 0 aliphatic carbocycles. The molecule has 3 aromatic rings. The zero-order valence-corrected chi connectivity index (χ0v) is 10.5. The first-order valence-electron chi connectivity index (χ1n) is 6.00. The van der Waals surface area contributed by atoms with Crippen molar-refractivity contribution in [1.82, 2.24) is 10.2 Å². The van der Waals surface area contributed by atoms with Gasteiger partial charge in [0.2, 0.25) is 0 Å². The molecular formula is C15H13N3O. The van der Waals surface area contributed by atoms with Crippen LogP contribution in [0.1, 0.15) is 21.5 Å². The van der Waals surface area contributed by atoms with Crippen LogP contribution in [0.15, 0.2) is 42.6 Å². The Morgan fingerprint density at radius 1 is 1.21 bits per heavy atom. The van der Waals surface area contributed by atoms with E-state index in [9.17, 15) is 4.79 Å². The molecule has 1 heterocycles. The third kappa shape index (κ3) is 1.87. The number of benzene rings is 2. The van der Waals surface area contributed by atoms with Crippen LogP contribution < -0.4 is 5.73 Å². The molecule has 94 valence electrons. The number of carbonyl (C=O) groups excluding carboxylic acids is 1. The van der Waals surface area contributed by atoms with Crippen molar-refractivity contribution in [1.29, 1.82) is 0 Å². The number of ketones is 1. The van der Waals surface area contributed by atoms with Crippen LogP contribution in [0.25, 0.3) is 10.9 Å². The number of nitrogen functional groups attached to an aromatic ring is 1. The minimum atomic E-state index is -0.0629. The number of aromatic nitrogens is 2. The third-order valence-corrected chi connectivity index (χ3v) is 3.24. The van der Waals surface area contributed by atoms with Gasteiger partial charge in [-0.3, -0.25) is 9.89 Å². The first-order valence-corrected chi connectivity index (χ1v) is 6.00. The van der Waals surface area contributed by atoms with Gasteiger partial charge in [0.25, 0.3) is 0 Å². The van der Waals surface area contributed by atoms with Gasteiger partial charge in [0.1, 0.15) is 0 Å². The second kappa shape index (κ2) is 4.24. The monoisotopic (exact) mass is 251 g/mol. The summed E-state index contributed by atoms with van der Waals surface area (Å²) >= 11 is 0. The van der Waals surface area contributed by atoms with Gasteiger partial charge >= 0.3 is 0 Å². The molecule has 3 N–H and O–H groups in total. The van der Waals surface area contributed by atoms with Crippen LogP contribution in [0.4, 0.5) is 5.69 Å². The van der Waals surface area contributed by atoms with Crippen LogP contribution in [-0.4, -0.2) is 16.0 Å². The van der Waals surface area contributed by atoms with Crippen LogP contribution in [0, 0.1) is 6.92 Å². The third-order valence-electron chi connectivity index (χ3n) is 3.24. The largest absolute Gasteiger partial charge is 0.398 e. The van der Waals surface area contributed by atoms with Gasteiger partial charge < -0.3 is 5.73 Å². The van der Waals surface area contributed by atoms with E-state index in [4.69, 9.17) is 5.73 Å². The molecule has 0 fully saturated rings. The van der Waals surface area contributed by atoms with Gasteiger partial charge in [-0.1, -0.05) is 12.1 Å². The summed E-state index contributed by atoms with van der Waals surface area (Å²) in [6.45, 7) is 1.92. The molecular weight excluding hydrogens is 238 g/mol. The first-order chi connectivity index (χ1) is 9.16. The highest BCUT2D eigenvalue weighted by Gasteiger charge is 2.15. The van der Waals surface area contributed by atoms with Crippen molar-refractivity contribution in [2.75, 3.05) is 5.73 Å². The number of carbonyl (C=O) groups is 1. The maximum Gasteiger partial charge on any atom is 0.195 e. The molecule has 2 aromatic carbocycles. The zero-order valence-electron chi connectivity index (χ0n) is 10.5. The van der Waals surface area contributed by atoms with Crippen molar-refractivity contribution in [2.45, 2.75) is 6.92 Å². The molecule has 4 heteroatoms. The molecule has 0 spiro atoms. The molecule has 0 atom stereocenters. The van der Waals surface area contributed by atoms with Crippen molar-refractivity contribution in [2.24, 2.45) is 0 Å². The normalized spacial score (nSPS) is 10.8. The Morgan fingerprint density at radius 3 is 2.79 bits per heavy atom. The number of anilines is 1. The van der Waals surface area contributed by atoms with Crippen LogP contribution in [0.3, 0.4) is 0 Å². The highest BCUT2D eigenvalue weighted by molar-refractivity contribution is 6.14. The number of fused-ring (bicyclic) bond motifs is 1. The van der Waals surface area contributed by atoms with E-state index < -0.39 is 0 Å². The number of hydrogen-bond donors (Lipinski definition) is 2. The van der Waals surface area contributed by atoms with E-state index >= 15 is 0 Å². The lowest BCUT2D eigenvalue weighted by atomic mass is 9.97. The fraction of sp³-hybridized carbons (Fsp3) is 0.0667. The number of rotatable bonds is 2. The fourth-order valence-electron chi connectivity index (χ4n) is 2.20. The van der Waals surface area contributed by atoms with Gasteiger partial charge in [0, 0.05) is 22.2 Å². The predicted molar refractivity (Wildman–Crippen MR) is 75.1 cm³/mol. The number of nitrogens with one attached hydrogen (secondary N) is 1. The van der Waals surface area contributed by atoms with E-state index in [0.29, 0.717) is 16.8 Å². The summed E-state index contributed by atoms with van der Waals surface area (Å²) in [4.78, 5) is 12.5. The van der Waals surface area contributed by atoms with Gasteiger partial charge in [-0.2, -0.15) is 5.10 Å². The van der Waals surface area contributed by atoms with E-state index in [-0.39, 0.29) is 5.78 Å². The summed E-state index contributed by atoms with van der Waals surface area (Å²) in [6, 6.07) is 10.9. The number of nitrogens with zero attached hydrogens (tertiary/aromatic N) is 1. The first kappa shape index (κ1) is 11.5. The summed E-state index contributed by atoms with van der Waals surface area (Å²) in [6.07, 6.45) is 1.74. The molecule has 3 rings (SSSR count). The summed E-state index contributed by atoms with van der Waals surface area (Å²) in [5, 5.41) is 7.84. The fourth-order valence-corrected chi connectivity index (χ4v) is 2.20. The van der Waals surface area contributed by atoms with Crippen molar-refractivity contribution in [3.63, 3.8) is 0 Å². The van der Waals surface area contributed by atoms with Crippen LogP contribution in [0.5, 0.6) is 0 Å². The molecule has 0 saturated heterocycles. The highest BCUT2D eigenvalue weighted by atomic mass is 16.1. The Hall–Kier alpha value is -2.62. The van der Waals surface area contributed by atoms with Gasteiger partial charge in [0.05, 0.1) is 11.7 Å². The van der Waals surface area contributed by atoms with E-state index in [1.54, 1.807) is 18.3 Å². The maximum atomic E-state index is 12.5. The highest BCUT2D eigenvalue weighted by Crippen LogP contribution is 2.22. The van der Waals surface area contributed by atoms with E-state index in [1.807, 2.05) is 31.2 Å². The SMILES string of the molecule is Cc1cc2cn[nH]c2cc1C(=O)c1ccccc1N. The number of nitrogens with two attached hydrogens (primary N) is 1. The molecule has 1 aromatic heterocycles. The van der Waals surface area contributed by atoms with E-state index in [1.165, 1.54) is 0 Å². The summed E-state index contributed by atoms with van der Waals surface area (Å²) in [5.41, 5.74) is 9.31. The van der Waals surface area contributed by atoms with Crippen molar-refractivity contribution in [3.8, 4) is 0 Å². The van der Waals surface area contributed by atoms with Crippen molar-refractivity contribution >= 4 is 22.4 Å². The average Bonchev–Trinajstić information content (AvgIpc) is 2.84. The number of hydrogen-bond acceptors (Lipinski definition) is 3. The Bertz CT molecular complexity index is 774. The summed E-state index contributed by atoms with van der Waals surface area (Å²) in [5.74, 6) is -0.0629. The predicted octanol–water partition coefficient (Wildman–Crippen LogP) is 2.68. The lowest BCUT2D eigenvalue weighted by molar-refractivity contribution is 0.103. The van der Waals surface area contributed by atoms with Gasteiger partial charge in [-0.05, 0) is 36.8 Å².